The number of benzene rings is 2. The van der Waals surface area contributed by atoms with Crippen LogP contribution in [0.15, 0.2) is 45.8 Å². The highest BCUT2D eigenvalue weighted by molar-refractivity contribution is 9.10. The van der Waals surface area contributed by atoms with Crippen LogP contribution in [0.2, 0.25) is 5.02 Å². The van der Waals surface area contributed by atoms with Gasteiger partial charge in [-0.3, -0.25) is 14.5 Å². The molecule has 0 spiro atoms. The maximum Gasteiger partial charge on any atom is 0.293 e. The van der Waals surface area contributed by atoms with Crippen LogP contribution in [0.4, 0.5) is 4.79 Å². The van der Waals surface area contributed by atoms with Crippen molar-refractivity contribution in [2.75, 3.05) is 0 Å². The van der Waals surface area contributed by atoms with E-state index in [0.29, 0.717) is 21.2 Å². The molecular weight excluding hydrogens is 440 g/mol. The molecule has 26 heavy (non-hydrogen) atoms. The van der Waals surface area contributed by atoms with Crippen molar-refractivity contribution in [1.29, 1.82) is 5.26 Å². The van der Waals surface area contributed by atoms with Gasteiger partial charge in [0.05, 0.1) is 28.1 Å². The zero-order chi connectivity index (χ0) is 18.8. The number of hydrogen-bond acceptors (Lipinski definition) is 5. The zero-order valence-electron chi connectivity index (χ0n) is 13.1. The Bertz CT molecular complexity index is 1000. The van der Waals surface area contributed by atoms with Gasteiger partial charge in [0.1, 0.15) is 5.75 Å². The Hall–Kier alpha value is -2.27. The molecule has 5 nitrogen and oxygen atoms in total. The van der Waals surface area contributed by atoms with Gasteiger partial charge in [0.2, 0.25) is 0 Å². The Morgan fingerprint density at radius 3 is 2.77 bits per heavy atom. The lowest BCUT2D eigenvalue weighted by molar-refractivity contribution is -0.123. The molecule has 1 fully saturated rings. The van der Waals surface area contributed by atoms with Crippen LogP contribution in [-0.2, 0) is 11.3 Å². The summed E-state index contributed by atoms with van der Waals surface area (Å²) < 4.78 is 0.633. The van der Waals surface area contributed by atoms with E-state index in [1.54, 1.807) is 30.3 Å². The van der Waals surface area contributed by atoms with Crippen molar-refractivity contribution >= 4 is 56.5 Å². The van der Waals surface area contributed by atoms with E-state index in [1.807, 2.05) is 6.07 Å². The second-order valence-electron chi connectivity index (χ2n) is 5.36. The van der Waals surface area contributed by atoms with Crippen LogP contribution in [-0.4, -0.2) is 21.2 Å². The summed E-state index contributed by atoms with van der Waals surface area (Å²) in [7, 11) is 0. The predicted molar refractivity (Wildman–Crippen MR) is 103 cm³/mol. The maximum atomic E-state index is 12.6. The molecule has 2 aromatic carbocycles. The molecule has 0 radical (unpaired) electrons. The average molecular weight is 450 g/mol. The van der Waals surface area contributed by atoms with E-state index in [2.05, 4.69) is 15.9 Å². The highest BCUT2D eigenvalue weighted by Gasteiger charge is 2.35. The van der Waals surface area contributed by atoms with E-state index in [9.17, 15) is 14.7 Å². The van der Waals surface area contributed by atoms with Crippen molar-refractivity contribution in [2.45, 2.75) is 6.54 Å². The standard InChI is InChI=1S/C18H10BrClN2O3S/c19-13-5-12(16(23)14(20)7-13)6-15-17(24)22(18(25)26-15)9-11-4-2-1-3-10(11)8-21/h1-7,23H,9H2/b15-6-. The molecule has 0 unspecified atom stereocenters. The van der Waals surface area contributed by atoms with E-state index in [4.69, 9.17) is 16.9 Å². The number of carbonyl (C=O) groups excluding carboxylic acids is 2. The highest BCUT2D eigenvalue weighted by Crippen LogP contribution is 2.38. The minimum absolute atomic E-state index is 0.0109. The fourth-order valence-electron chi connectivity index (χ4n) is 2.41. The summed E-state index contributed by atoms with van der Waals surface area (Å²) >= 11 is 9.98. The minimum Gasteiger partial charge on any atom is -0.506 e. The maximum absolute atomic E-state index is 12.6. The van der Waals surface area contributed by atoms with Crippen molar-refractivity contribution < 1.29 is 14.7 Å². The number of amides is 2. The highest BCUT2D eigenvalue weighted by atomic mass is 79.9. The van der Waals surface area contributed by atoms with Crippen molar-refractivity contribution in [3.63, 3.8) is 0 Å². The molecule has 1 N–H and O–H groups in total. The van der Waals surface area contributed by atoms with E-state index in [-0.39, 0.29) is 22.2 Å². The van der Waals surface area contributed by atoms with E-state index >= 15 is 0 Å². The number of rotatable bonds is 3. The number of phenolic OH excluding ortho intramolecular Hbond substituents is 1. The van der Waals surface area contributed by atoms with Crippen molar-refractivity contribution in [3.8, 4) is 11.8 Å². The molecule has 0 bridgehead atoms. The Morgan fingerprint density at radius 2 is 2.04 bits per heavy atom. The van der Waals surface area contributed by atoms with Crippen LogP contribution in [0.3, 0.4) is 0 Å². The lowest BCUT2D eigenvalue weighted by Gasteiger charge is -2.13. The lowest BCUT2D eigenvalue weighted by Crippen LogP contribution is -2.27. The number of hydrogen-bond donors (Lipinski definition) is 1. The molecule has 0 atom stereocenters. The SMILES string of the molecule is N#Cc1ccccc1CN1C(=O)S/C(=C\c2cc(Br)cc(Cl)c2O)C1=O. The summed E-state index contributed by atoms with van der Waals surface area (Å²) in [4.78, 5) is 26.1. The largest absolute Gasteiger partial charge is 0.506 e. The zero-order valence-corrected chi connectivity index (χ0v) is 16.2. The molecule has 2 aromatic rings. The predicted octanol–water partition coefficient (Wildman–Crippen LogP) is 4.92. The van der Waals surface area contributed by atoms with Gasteiger partial charge in [0.15, 0.2) is 0 Å². The average Bonchev–Trinajstić information content (AvgIpc) is 2.87. The van der Waals surface area contributed by atoms with Crippen molar-refractivity contribution in [3.05, 3.63) is 67.5 Å². The number of carbonyl (C=O) groups is 2. The first-order chi connectivity index (χ1) is 12.4. The Morgan fingerprint density at radius 1 is 1.31 bits per heavy atom. The van der Waals surface area contributed by atoms with Gasteiger partial charge in [-0.25, -0.2) is 0 Å². The Kier molecular flexibility index (Phi) is 5.37. The van der Waals surface area contributed by atoms with E-state index in [1.165, 1.54) is 12.1 Å². The summed E-state index contributed by atoms with van der Waals surface area (Å²) in [5.74, 6) is -0.653. The van der Waals surface area contributed by atoms with Gasteiger partial charge in [0, 0.05) is 10.0 Å². The molecule has 0 saturated carbocycles. The normalized spacial score (nSPS) is 15.6. The van der Waals surface area contributed by atoms with Gasteiger partial charge in [-0.15, -0.1) is 0 Å². The van der Waals surface area contributed by atoms with Gasteiger partial charge in [-0.1, -0.05) is 45.7 Å². The molecule has 0 aliphatic carbocycles. The number of phenols is 1. The van der Waals surface area contributed by atoms with Crippen LogP contribution in [0, 0.1) is 11.3 Å². The topological polar surface area (TPSA) is 81.4 Å². The number of nitriles is 1. The monoisotopic (exact) mass is 448 g/mol. The third-order valence-electron chi connectivity index (χ3n) is 3.68. The molecule has 1 heterocycles. The quantitative estimate of drug-likeness (QED) is 0.673. The fraction of sp³-hybridized carbons (Fsp3) is 0.0556. The molecule has 3 rings (SSSR count). The molecule has 130 valence electrons. The molecule has 1 saturated heterocycles. The molecule has 1 aliphatic heterocycles. The van der Waals surface area contributed by atoms with Gasteiger partial charge in [-0.2, -0.15) is 5.26 Å². The Labute approximate surface area is 167 Å². The minimum atomic E-state index is -0.483. The summed E-state index contributed by atoms with van der Waals surface area (Å²) in [6, 6.07) is 12.0. The van der Waals surface area contributed by atoms with Crippen LogP contribution >= 0.6 is 39.3 Å². The van der Waals surface area contributed by atoms with Gasteiger partial charge in [-0.05, 0) is 41.6 Å². The summed E-state index contributed by atoms with van der Waals surface area (Å²) in [6.45, 7) is 0.0109. The second kappa shape index (κ2) is 7.54. The van der Waals surface area contributed by atoms with Crippen molar-refractivity contribution in [2.24, 2.45) is 0 Å². The van der Waals surface area contributed by atoms with Crippen molar-refractivity contribution in [1.82, 2.24) is 4.90 Å². The molecule has 0 aromatic heterocycles. The lowest BCUT2D eigenvalue weighted by atomic mass is 10.1. The molecule has 8 heteroatoms. The second-order valence-corrected chi connectivity index (χ2v) is 7.68. The fourth-order valence-corrected chi connectivity index (χ4v) is 4.07. The number of nitrogens with zero attached hydrogens (tertiary/aromatic N) is 2. The molecule has 1 aliphatic rings. The Balaban J connectivity index is 1.91. The van der Waals surface area contributed by atoms with E-state index < -0.39 is 11.1 Å². The molecule has 2 amide bonds. The summed E-state index contributed by atoms with van der Waals surface area (Å²) in [5, 5.41) is 18.9. The van der Waals surface area contributed by atoms with Crippen LogP contribution in [0.25, 0.3) is 6.08 Å². The molecular formula is C18H10BrClN2O3S. The summed E-state index contributed by atoms with van der Waals surface area (Å²) in [6.07, 6.45) is 1.42. The number of aromatic hydroxyl groups is 1. The van der Waals surface area contributed by atoms with Gasteiger partial charge < -0.3 is 5.11 Å². The third kappa shape index (κ3) is 3.63. The first kappa shape index (κ1) is 18.5. The first-order valence-corrected chi connectivity index (χ1v) is 9.31. The third-order valence-corrected chi connectivity index (χ3v) is 5.34. The number of imide groups is 1. The number of thioether (sulfide) groups is 1. The van der Waals surface area contributed by atoms with Gasteiger partial charge in [0.25, 0.3) is 11.1 Å². The number of halogens is 2. The van der Waals surface area contributed by atoms with Crippen LogP contribution < -0.4 is 0 Å². The van der Waals surface area contributed by atoms with Crippen LogP contribution in [0.1, 0.15) is 16.7 Å². The van der Waals surface area contributed by atoms with Gasteiger partial charge >= 0.3 is 0 Å². The smallest absolute Gasteiger partial charge is 0.293 e. The van der Waals surface area contributed by atoms with E-state index in [0.717, 1.165) is 16.7 Å². The first-order valence-electron chi connectivity index (χ1n) is 7.32. The summed E-state index contributed by atoms with van der Waals surface area (Å²) in [5.41, 5.74) is 1.33. The van der Waals surface area contributed by atoms with Crippen LogP contribution in [0.5, 0.6) is 5.75 Å².